The van der Waals surface area contributed by atoms with Crippen LogP contribution in [-0.4, -0.2) is 77.8 Å². The number of nitriles is 1. The number of hydrogen-bond donors (Lipinski definition) is 2. The number of alkyl halides is 3. The number of nitrogens with zero attached hydrogens (tertiary/aromatic N) is 6. The highest BCUT2D eigenvalue weighted by Crippen LogP contribution is 2.45. The van der Waals surface area contributed by atoms with E-state index in [9.17, 15) is 28.0 Å². The lowest BCUT2D eigenvalue weighted by Gasteiger charge is -2.46. The SMILES string of the molecule is CC[C@]1(N)C[C@H](c2ncc(N3CCOCC3)c(Cc3cc(C#N)cc(C(F)(F)F)c3)n2)c2nc(OC)ccc2N1C(=O)OCCCC(=O)O. The van der Waals surface area contributed by atoms with Crippen molar-refractivity contribution in [3.05, 3.63) is 70.4 Å². The summed E-state index contributed by atoms with van der Waals surface area (Å²) in [6, 6.07) is 8.23. The first-order valence-corrected chi connectivity index (χ1v) is 15.7. The number of carbonyl (C=O) groups is 2. The summed E-state index contributed by atoms with van der Waals surface area (Å²) in [6.07, 6.45) is -3.54. The number of halogens is 3. The van der Waals surface area contributed by atoms with E-state index >= 15 is 0 Å². The summed E-state index contributed by atoms with van der Waals surface area (Å²) >= 11 is 0. The molecule has 0 saturated carbocycles. The summed E-state index contributed by atoms with van der Waals surface area (Å²) in [7, 11) is 1.44. The number of morpholine rings is 1. The highest BCUT2D eigenvalue weighted by molar-refractivity contribution is 5.91. The first kappa shape index (κ1) is 35.3. The topological polar surface area (TPSA) is 177 Å². The summed E-state index contributed by atoms with van der Waals surface area (Å²) in [6.45, 7) is 3.57. The number of aliphatic carboxylic acids is 1. The van der Waals surface area contributed by atoms with Gasteiger partial charge in [-0.15, -0.1) is 0 Å². The number of methoxy groups -OCH3 is 1. The van der Waals surface area contributed by atoms with Crippen molar-refractivity contribution in [3.63, 3.8) is 0 Å². The summed E-state index contributed by atoms with van der Waals surface area (Å²) in [5, 5.41) is 18.4. The van der Waals surface area contributed by atoms with Crippen LogP contribution in [0.2, 0.25) is 0 Å². The van der Waals surface area contributed by atoms with Gasteiger partial charge in [0.05, 0.1) is 79.0 Å². The molecule has 1 saturated heterocycles. The van der Waals surface area contributed by atoms with Crippen LogP contribution in [0.5, 0.6) is 5.88 Å². The molecule has 3 aromatic rings. The molecular formula is C33H36F3N7O6. The van der Waals surface area contributed by atoms with E-state index < -0.39 is 35.4 Å². The molecule has 2 atom stereocenters. The van der Waals surface area contributed by atoms with Gasteiger partial charge in [0.2, 0.25) is 5.88 Å². The zero-order valence-corrected chi connectivity index (χ0v) is 27.0. The van der Waals surface area contributed by atoms with Crippen LogP contribution in [0.3, 0.4) is 0 Å². The van der Waals surface area contributed by atoms with Crippen molar-refractivity contribution in [2.24, 2.45) is 5.73 Å². The zero-order chi connectivity index (χ0) is 35.3. The third-order valence-electron chi connectivity index (χ3n) is 8.56. The van der Waals surface area contributed by atoms with Gasteiger partial charge >= 0.3 is 18.2 Å². The van der Waals surface area contributed by atoms with Gasteiger partial charge in [-0.05, 0) is 49.1 Å². The van der Waals surface area contributed by atoms with E-state index in [4.69, 9.17) is 35.0 Å². The number of amides is 1. The number of aromatic nitrogens is 3. The second-order valence-electron chi connectivity index (χ2n) is 11.8. The van der Waals surface area contributed by atoms with Crippen LogP contribution >= 0.6 is 0 Å². The zero-order valence-electron chi connectivity index (χ0n) is 27.0. The number of rotatable bonds is 10. The lowest BCUT2D eigenvalue weighted by molar-refractivity contribution is -0.138. The molecule has 1 aromatic carbocycles. The molecule has 0 bridgehead atoms. The Morgan fingerprint density at radius 2 is 1.94 bits per heavy atom. The maximum absolute atomic E-state index is 13.8. The fraction of sp³-hybridized carbons (Fsp3) is 0.455. The highest BCUT2D eigenvalue weighted by Gasteiger charge is 2.47. The first-order chi connectivity index (χ1) is 23.4. The number of pyridine rings is 1. The Morgan fingerprint density at radius 3 is 2.59 bits per heavy atom. The Morgan fingerprint density at radius 1 is 1.18 bits per heavy atom. The van der Waals surface area contributed by atoms with Crippen LogP contribution in [0.25, 0.3) is 0 Å². The van der Waals surface area contributed by atoms with Gasteiger partial charge in [-0.1, -0.05) is 6.92 Å². The average molecular weight is 684 g/mol. The second kappa shape index (κ2) is 14.6. The molecular weight excluding hydrogens is 647 g/mol. The lowest BCUT2D eigenvalue weighted by Crippen LogP contribution is -2.61. The number of carbonyl (C=O) groups excluding carboxylic acids is 1. The second-order valence-corrected chi connectivity index (χ2v) is 11.8. The molecule has 49 heavy (non-hydrogen) atoms. The number of anilines is 2. The molecule has 0 unspecified atom stereocenters. The monoisotopic (exact) mass is 683 g/mol. The van der Waals surface area contributed by atoms with Gasteiger partial charge in [0.15, 0.2) is 0 Å². The van der Waals surface area contributed by atoms with Crippen LogP contribution in [-0.2, 0) is 26.9 Å². The largest absolute Gasteiger partial charge is 0.481 e. The summed E-state index contributed by atoms with van der Waals surface area (Å²) in [5.74, 6) is -1.17. The molecule has 2 aliphatic rings. The van der Waals surface area contributed by atoms with E-state index in [1.54, 1.807) is 25.3 Å². The van der Waals surface area contributed by atoms with Gasteiger partial charge in [0, 0.05) is 32.0 Å². The molecule has 13 nitrogen and oxygen atoms in total. The van der Waals surface area contributed by atoms with Crippen molar-refractivity contribution in [2.75, 3.05) is 49.8 Å². The minimum Gasteiger partial charge on any atom is -0.481 e. The fourth-order valence-corrected chi connectivity index (χ4v) is 6.04. The van der Waals surface area contributed by atoms with Gasteiger partial charge in [-0.3, -0.25) is 9.69 Å². The van der Waals surface area contributed by atoms with Crippen molar-refractivity contribution in [1.82, 2.24) is 15.0 Å². The van der Waals surface area contributed by atoms with E-state index in [-0.39, 0.29) is 61.5 Å². The third-order valence-corrected chi connectivity index (χ3v) is 8.56. The molecule has 0 radical (unpaired) electrons. The third kappa shape index (κ3) is 7.84. The predicted molar refractivity (Wildman–Crippen MR) is 169 cm³/mol. The van der Waals surface area contributed by atoms with E-state index in [0.717, 1.165) is 12.1 Å². The summed E-state index contributed by atoms with van der Waals surface area (Å²) in [5.41, 5.74) is 6.52. The van der Waals surface area contributed by atoms with Gasteiger partial charge in [-0.25, -0.2) is 19.7 Å². The molecule has 3 N–H and O–H groups in total. The molecule has 1 fully saturated rings. The fourth-order valence-electron chi connectivity index (χ4n) is 6.04. The number of nitrogens with two attached hydrogens (primary N) is 1. The number of benzene rings is 1. The highest BCUT2D eigenvalue weighted by atomic mass is 19.4. The summed E-state index contributed by atoms with van der Waals surface area (Å²) < 4.78 is 57.6. The molecule has 2 aliphatic heterocycles. The van der Waals surface area contributed by atoms with Crippen LogP contribution in [0.1, 0.15) is 72.4 Å². The van der Waals surface area contributed by atoms with Crippen LogP contribution in [0.4, 0.5) is 29.3 Å². The van der Waals surface area contributed by atoms with Gasteiger partial charge in [0.25, 0.3) is 0 Å². The molecule has 5 rings (SSSR count). The van der Waals surface area contributed by atoms with E-state index in [1.165, 1.54) is 18.1 Å². The maximum Gasteiger partial charge on any atom is 0.416 e. The Labute approximate surface area is 280 Å². The van der Waals surface area contributed by atoms with Crippen molar-refractivity contribution in [3.8, 4) is 11.9 Å². The van der Waals surface area contributed by atoms with Crippen LogP contribution < -0.4 is 20.3 Å². The molecule has 16 heteroatoms. The first-order valence-electron chi connectivity index (χ1n) is 15.7. The normalized spacial score (nSPS) is 19.2. The molecule has 1 amide bonds. The van der Waals surface area contributed by atoms with Gasteiger partial charge < -0.3 is 30.0 Å². The Hall–Kier alpha value is -5.01. The molecule has 0 spiro atoms. The minimum atomic E-state index is -4.66. The Kier molecular flexibility index (Phi) is 10.5. The van der Waals surface area contributed by atoms with Gasteiger partial charge in [0.1, 0.15) is 11.5 Å². The maximum atomic E-state index is 13.8. The quantitative estimate of drug-likeness (QED) is 0.284. The van der Waals surface area contributed by atoms with E-state index in [2.05, 4.69) is 4.98 Å². The summed E-state index contributed by atoms with van der Waals surface area (Å²) in [4.78, 5) is 42.0. The van der Waals surface area contributed by atoms with Crippen molar-refractivity contribution in [1.29, 1.82) is 5.26 Å². The smallest absolute Gasteiger partial charge is 0.416 e. The molecule has 260 valence electrons. The predicted octanol–water partition coefficient (Wildman–Crippen LogP) is 4.61. The van der Waals surface area contributed by atoms with Crippen molar-refractivity contribution < 1.29 is 42.1 Å². The number of carboxylic acid groups (broad SMARTS) is 1. The van der Waals surface area contributed by atoms with E-state index in [1.807, 2.05) is 11.0 Å². The Bertz CT molecular complexity index is 1740. The number of hydrogen-bond acceptors (Lipinski definition) is 11. The number of ether oxygens (including phenoxy) is 3. The van der Waals surface area contributed by atoms with Crippen molar-refractivity contribution >= 4 is 23.4 Å². The lowest BCUT2D eigenvalue weighted by atomic mass is 9.83. The minimum absolute atomic E-state index is 0.0394. The van der Waals surface area contributed by atoms with E-state index in [0.29, 0.717) is 49.1 Å². The molecule has 2 aromatic heterocycles. The van der Waals surface area contributed by atoms with Gasteiger partial charge in [-0.2, -0.15) is 18.4 Å². The Balaban J connectivity index is 1.59. The molecule has 0 aliphatic carbocycles. The average Bonchev–Trinajstić information content (AvgIpc) is 3.09. The van der Waals surface area contributed by atoms with Crippen LogP contribution in [0.15, 0.2) is 36.5 Å². The number of fused-ring (bicyclic) bond motifs is 1. The van der Waals surface area contributed by atoms with Crippen molar-refractivity contribution in [2.45, 2.75) is 56.8 Å². The molecule has 4 heterocycles. The van der Waals surface area contributed by atoms with Crippen LogP contribution in [0, 0.1) is 11.3 Å². The standard InChI is InChI=1S/C33H36F3N7O6/c1-3-32(38)17-23(29-25(6-7-27(41-29)47-2)43(32)31(46)49-10-4-5-28(44)45)30-39-19-26(42-8-11-48-12-9-42)24(40-30)16-20-13-21(18-37)15-22(14-20)33(34,35)36/h6-7,13-15,19,23H,3-5,8-12,16-17,38H2,1-2H3,(H,44,45)/t23-,32+/m0/s1. The number of carboxylic acids is 1.